The van der Waals surface area contributed by atoms with Gasteiger partial charge in [-0.1, -0.05) is 26.0 Å². The fourth-order valence-electron chi connectivity index (χ4n) is 8.89. The highest BCUT2D eigenvalue weighted by atomic mass is 79.9. The molecule has 66 heavy (non-hydrogen) atoms. The van der Waals surface area contributed by atoms with Crippen LogP contribution in [0.5, 0.6) is 5.75 Å². The summed E-state index contributed by atoms with van der Waals surface area (Å²) in [5.74, 6) is -0.908. The topological polar surface area (TPSA) is 198 Å². The summed E-state index contributed by atoms with van der Waals surface area (Å²) in [6.07, 6.45) is 5.84. The standard InChI is InChI=1S/C47H55BrFN10O6P/c1-6-27-24-35(55-46-52-26-32(48)44(57-46)54-34-12-11-33-31(43(34)66(4,5)63)10-9-29(7-2)53-33)39(64-3)25-38(27)58-22-17-30(18-23-58)51-21-20-50-19-16-28-8-13-36-42(41(28)49)65-47(62)59(36)37-14-15-40(60)56-45(37)61/h8-13,24-26,30,37,50-51H,6-7,14-23H2,1-5H3,(H,56,60,61)(H2,52,54,55,57). The van der Waals surface area contributed by atoms with Crippen LogP contribution in [0, 0.1) is 5.82 Å². The molecule has 348 valence electrons. The van der Waals surface area contributed by atoms with Crippen molar-refractivity contribution in [2.75, 3.05) is 68.7 Å². The van der Waals surface area contributed by atoms with E-state index in [1.807, 2.05) is 24.3 Å². The van der Waals surface area contributed by atoms with Crippen LogP contribution in [0.1, 0.15) is 62.4 Å². The quantitative estimate of drug-likeness (QED) is 0.0353. The maximum atomic E-state index is 15.5. The van der Waals surface area contributed by atoms with Crippen LogP contribution in [-0.4, -0.2) is 90.5 Å². The molecule has 0 radical (unpaired) electrons. The lowest BCUT2D eigenvalue weighted by atomic mass is 10.0. The van der Waals surface area contributed by atoms with Gasteiger partial charge in [0.25, 0.3) is 0 Å². The number of anilines is 5. The van der Waals surface area contributed by atoms with E-state index in [4.69, 9.17) is 19.1 Å². The summed E-state index contributed by atoms with van der Waals surface area (Å²) in [7, 11) is -1.10. The van der Waals surface area contributed by atoms with Gasteiger partial charge >= 0.3 is 5.76 Å². The van der Waals surface area contributed by atoms with Gasteiger partial charge in [0.05, 0.1) is 34.0 Å². The summed E-state index contributed by atoms with van der Waals surface area (Å²) < 4.78 is 42.1. The number of rotatable bonds is 17. The Balaban J connectivity index is 0.846. The lowest BCUT2D eigenvalue weighted by molar-refractivity contribution is -0.135. The minimum Gasteiger partial charge on any atom is -0.494 e. The summed E-state index contributed by atoms with van der Waals surface area (Å²) in [5.41, 5.74) is 5.92. The number of hydrogen-bond acceptors (Lipinski definition) is 14. The number of methoxy groups -OCH3 is 1. The summed E-state index contributed by atoms with van der Waals surface area (Å²) in [6, 6.07) is 14.6. The Labute approximate surface area is 390 Å². The molecule has 1 atom stereocenters. The van der Waals surface area contributed by atoms with Crippen LogP contribution in [0.2, 0.25) is 0 Å². The Morgan fingerprint density at radius 3 is 2.47 bits per heavy atom. The maximum Gasteiger partial charge on any atom is 0.420 e. The van der Waals surface area contributed by atoms with E-state index in [0.717, 1.165) is 88.7 Å². The van der Waals surface area contributed by atoms with Gasteiger partial charge < -0.3 is 39.9 Å². The lowest BCUT2D eigenvalue weighted by Crippen LogP contribution is -2.44. The molecule has 2 amide bonds. The number of amides is 2. The highest BCUT2D eigenvalue weighted by molar-refractivity contribution is 9.10. The summed E-state index contributed by atoms with van der Waals surface area (Å²) in [6.45, 7) is 11.4. The molecule has 16 nitrogen and oxygen atoms in total. The zero-order valence-corrected chi connectivity index (χ0v) is 40.2. The van der Waals surface area contributed by atoms with Crippen molar-refractivity contribution in [2.45, 2.75) is 70.9 Å². The molecular formula is C47H55BrFN10O6P. The SMILES string of the molecule is CCc1ccc2c(P(C)(C)=O)c(Nc3nc(Nc4cc(CC)c(N5CCC(NCCNCCc6ccc7c(oc(=O)n7C7CCC(=O)NC7=O)c6F)CC5)cc4OC)ncc3Br)ccc2n1. The molecule has 5 heterocycles. The first-order valence-corrected chi connectivity index (χ1v) is 25.8. The number of pyridine rings is 1. The van der Waals surface area contributed by atoms with Crippen LogP contribution >= 0.6 is 23.1 Å². The number of carbonyl (C=O) groups excluding carboxylic acids is 2. The maximum absolute atomic E-state index is 15.5. The van der Waals surface area contributed by atoms with Gasteiger partial charge in [-0.25, -0.2) is 14.2 Å². The van der Waals surface area contributed by atoms with Gasteiger partial charge in [-0.3, -0.25) is 24.5 Å². The van der Waals surface area contributed by atoms with Gasteiger partial charge in [-0.05, 0) is 116 Å². The van der Waals surface area contributed by atoms with Crippen molar-refractivity contribution in [1.29, 1.82) is 0 Å². The van der Waals surface area contributed by atoms with E-state index in [1.54, 1.807) is 38.8 Å². The molecule has 1 unspecified atom stereocenters. The van der Waals surface area contributed by atoms with Crippen molar-refractivity contribution < 1.29 is 27.7 Å². The molecule has 8 rings (SSSR count). The monoisotopic (exact) mass is 984 g/mol. The van der Waals surface area contributed by atoms with E-state index >= 15 is 4.39 Å². The first kappa shape index (κ1) is 46.8. The number of nitrogens with zero attached hydrogens (tertiary/aromatic N) is 5. The zero-order chi connectivity index (χ0) is 46.7. The predicted octanol–water partition coefficient (Wildman–Crippen LogP) is 7.07. The second-order valence-corrected chi connectivity index (χ2v) is 21.0. The first-order valence-electron chi connectivity index (χ1n) is 22.4. The van der Waals surface area contributed by atoms with E-state index in [0.29, 0.717) is 58.8 Å². The molecule has 3 aromatic carbocycles. The third kappa shape index (κ3) is 10.0. The van der Waals surface area contributed by atoms with Crippen LogP contribution < -0.4 is 47.3 Å². The molecule has 2 aliphatic heterocycles. The van der Waals surface area contributed by atoms with Crippen LogP contribution in [0.15, 0.2) is 68.4 Å². The third-order valence-electron chi connectivity index (χ3n) is 12.3. The number of benzene rings is 3. The van der Waals surface area contributed by atoms with Crippen molar-refractivity contribution in [2.24, 2.45) is 0 Å². The Morgan fingerprint density at radius 2 is 1.74 bits per heavy atom. The molecule has 19 heteroatoms. The highest BCUT2D eigenvalue weighted by Gasteiger charge is 2.32. The van der Waals surface area contributed by atoms with E-state index in [9.17, 15) is 18.9 Å². The molecular weight excluding hydrogens is 930 g/mol. The molecule has 6 aromatic rings. The van der Waals surface area contributed by atoms with E-state index < -0.39 is 36.6 Å². The number of imide groups is 1. The number of piperidine rings is 2. The Morgan fingerprint density at radius 1 is 0.939 bits per heavy atom. The van der Waals surface area contributed by atoms with Crippen molar-refractivity contribution in [3.63, 3.8) is 0 Å². The number of carbonyl (C=O) groups is 2. The van der Waals surface area contributed by atoms with Gasteiger partial charge in [0.15, 0.2) is 11.4 Å². The molecule has 0 spiro atoms. The number of aryl methyl sites for hydroxylation is 2. The number of ether oxygens (including phenoxy) is 1. The molecule has 0 aliphatic carbocycles. The molecule has 2 saturated heterocycles. The van der Waals surface area contributed by atoms with Crippen molar-refractivity contribution in [3.05, 3.63) is 92.4 Å². The Hall–Kier alpha value is -5.68. The second kappa shape index (κ2) is 20.0. The average molecular weight is 986 g/mol. The second-order valence-electron chi connectivity index (χ2n) is 17.0. The van der Waals surface area contributed by atoms with Gasteiger partial charge in [-0.2, -0.15) is 4.98 Å². The number of nitrogens with one attached hydrogen (secondary N) is 5. The smallest absolute Gasteiger partial charge is 0.420 e. The van der Waals surface area contributed by atoms with E-state index in [2.05, 4.69) is 78.4 Å². The van der Waals surface area contributed by atoms with Gasteiger partial charge in [0, 0.05) is 73.0 Å². The molecule has 5 N–H and O–H groups in total. The van der Waals surface area contributed by atoms with Gasteiger partial charge in [-0.15, -0.1) is 0 Å². The minimum atomic E-state index is -2.75. The van der Waals surface area contributed by atoms with Crippen LogP contribution in [0.4, 0.5) is 33.2 Å². The zero-order valence-electron chi connectivity index (χ0n) is 37.7. The van der Waals surface area contributed by atoms with Crippen molar-refractivity contribution >= 4 is 91.0 Å². The number of fused-ring (bicyclic) bond motifs is 2. The van der Waals surface area contributed by atoms with Crippen LogP contribution in [0.3, 0.4) is 0 Å². The minimum absolute atomic E-state index is 0.0886. The fraction of sp³-hybridized carbons (Fsp3) is 0.404. The van der Waals surface area contributed by atoms with Crippen LogP contribution in [-0.2, 0) is 33.4 Å². The third-order valence-corrected chi connectivity index (χ3v) is 14.4. The molecule has 0 bridgehead atoms. The van der Waals surface area contributed by atoms with Gasteiger partial charge in [0.2, 0.25) is 17.8 Å². The summed E-state index contributed by atoms with van der Waals surface area (Å²) in [4.78, 5) is 53.2. The molecule has 2 aliphatic rings. The fourth-order valence-corrected chi connectivity index (χ4v) is 10.7. The summed E-state index contributed by atoms with van der Waals surface area (Å²) in [5, 5.41) is 17.7. The summed E-state index contributed by atoms with van der Waals surface area (Å²) >= 11 is 3.61. The molecule has 2 fully saturated rings. The highest BCUT2D eigenvalue weighted by Crippen LogP contribution is 2.42. The predicted molar refractivity (Wildman–Crippen MR) is 261 cm³/mol. The Bertz CT molecular complexity index is 2910. The largest absolute Gasteiger partial charge is 0.494 e. The number of hydrogen-bond donors (Lipinski definition) is 5. The molecule has 0 saturated carbocycles. The van der Waals surface area contributed by atoms with E-state index in [1.165, 1.54) is 0 Å². The number of aromatic nitrogens is 4. The lowest BCUT2D eigenvalue weighted by Gasteiger charge is -2.35. The molecule has 3 aromatic heterocycles. The van der Waals surface area contributed by atoms with Crippen molar-refractivity contribution in [3.8, 4) is 5.75 Å². The Kier molecular flexibility index (Phi) is 14.2. The number of oxazole rings is 1. The van der Waals surface area contributed by atoms with Gasteiger partial charge in [0.1, 0.15) is 24.8 Å². The van der Waals surface area contributed by atoms with E-state index in [-0.39, 0.29) is 23.9 Å². The van der Waals surface area contributed by atoms with Crippen molar-refractivity contribution in [1.82, 2.24) is 35.5 Å². The first-order chi connectivity index (χ1) is 31.8. The number of halogens is 2. The normalized spacial score (nSPS) is 16.0. The average Bonchev–Trinajstić information content (AvgIpc) is 3.64. The van der Waals surface area contributed by atoms with Crippen LogP contribution in [0.25, 0.3) is 22.0 Å².